The van der Waals surface area contributed by atoms with Crippen LogP contribution >= 0.6 is 0 Å². The van der Waals surface area contributed by atoms with Gasteiger partial charge in [0.05, 0.1) is 0 Å². The van der Waals surface area contributed by atoms with Gasteiger partial charge in [0.1, 0.15) is 5.66 Å². The number of hydrogen-bond acceptors (Lipinski definition) is 4. The minimum Gasteiger partial charge on any atom is -0.312 e. The Morgan fingerprint density at radius 3 is 2.29 bits per heavy atom. The van der Waals surface area contributed by atoms with E-state index in [9.17, 15) is 14.4 Å². The van der Waals surface area contributed by atoms with Crippen molar-refractivity contribution in [3.8, 4) is 0 Å². The van der Waals surface area contributed by atoms with Gasteiger partial charge in [0.25, 0.3) is 0 Å². The number of likely N-dealkylation sites (tertiary alicyclic amines) is 1. The van der Waals surface area contributed by atoms with Gasteiger partial charge < -0.3 is 5.32 Å². The first-order valence-electron chi connectivity index (χ1n) is 8.80. The van der Waals surface area contributed by atoms with Crippen LogP contribution in [0.2, 0.25) is 0 Å². The minimum absolute atomic E-state index is 0.0713. The van der Waals surface area contributed by atoms with Gasteiger partial charge >= 0.3 is 6.03 Å². The van der Waals surface area contributed by atoms with E-state index in [0.29, 0.717) is 25.8 Å². The predicted octanol–water partition coefficient (Wildman–Crippen LogP) is 3.37. The molecule has 1 saturated carbocycles. The van der Waals surface area contributed by atoms with Gasteiger partial charge in [-0.1, -0.05) is 34.1 Å². The third-order valence-corrected chi connectivity index (χ3v) is 4.92. The Kier molecular flexibility index (Phi) is 5.19. The van der Waals surface area contributed by atoms with Gasteiger partial charge in [-0.05, 0) is 42.9 Å². The molecule has 0 bridgehead atoms. The van der Waals surface area contributed by atoms with Gasteiger partial charge in [-0.3, -0.25) is 9.69 Å². The van der Waals surface area contributed by atoms with E-state index >= 15 is 0 Å². The fraction of sp³-hybridized carbons (Fsp3) is 0.833. The van der Waals surface area contributed by atoms with Crippen molar-refractivity contribution in [3.63, 3.8) is 0 Å². The lowest BCUT2D eigenvalue weighted by molar-refractivity contribution is -0.127. The molecule has 0 aromatic carbocycles. The first-order chi connectivity index (χ1) is 11.1. The van der Waals surface area contributed by atoms with E-state index in [-0.39, 0.29) is 16.7 Å². The zero-order chi connectivity index (χ0) is 18.0. The van der Waals surface area contributed by atoms with Crippen LogP contribution < -0.4 is 5.32 Å². The van der Waals surface area contributed by atoms with E-state index in [4.69, 9.17) is 0 Å². The number of urea groups is 1. The Balaban J connectivity index is 2.25. The topological polar surface area (TPSA) is 78.8 Å². The van der Waals surface area contributed by atoms with Crippen LogP contribution in [-0.2, 0) is 9.59 Å². The number of nitrogens with one attached hydrogen (secondary N) is 1. The Morgan fingerprint density at radius 2 is 1.71 bits per heavy atom. The molecule has 6 heteroatoms. The molecule has 3 amide bonds. The van der Waals surface area contributed by atoms with E-state index in [1.54, 1.807) is 6.08 Å². The minimum atomic E-state index is -0.989. The fourth-order valence-electron chi connectivity index (χ4n) is 4.81. The van der Waals surface area contributed by atoms with Crippen molar-refractivity contribution >= 4 is 18.0 Å². The van der Waals surface area contributed by atoms with Gasteiger partial charge in [0.15, 0.2) is 0 Å². The summed E-state index contributed by atoms with van der Waals surface area (Å²) in [6.07, 6.45) is 6.74. The molecule has 1 N–H and O–H groups in total. The summed E-state index contributed by atoms with van der Waals surface area (Å²) in [6.45, 7) is 8.90. The van der Waals surface area contributed by atoms with Crippen LogP contribution in [0.4, 0.5) is 4.79 Å². The summed E-state index contributed by atoms with van der Waals surface area (Å²) in [6, 6.07) is -0.436. The molecule has 2 fully saturated rings. The van der Waals surface area contributed by atoms with Crippen LogP contribution in [0.5, 0.6) is 0 Å². The number of isocyanates is 1. The van der Waals surface area contributed by atoms with Gasteiger partial charge in [-0.25, -0.2) is 9.59 Å². The maximum atomic E-state index is 12.7. The molecule has 1 saturated heterocycles. The van der Waals surface area contributed by atoms with Crippen molar-refractivity contribution in [2.24, 2.45) is 15.8 Å². The van der Waals surface area contributed by atoms with Crippen LogP contribution in [0.25, 0.3) is 0 Å². The Hall–Kier alpha value is -1.68. The average molecular weight is 335 g/mol. The number of amides is 3. The molecular formula is C18H29N3O3. The summed E-state index contributed by atoms with van der Waals surface area (Å²) in [5.41, 5.74) is -1.13. The molecule has 1 aliphatic carbocycles. The van der Waals surface area contributed by atoms with Crippen molar-refractivity contribution in [3.05, 3.63) is 0 Å². The lowest BCUT2D eigenvalue weighted by atomic mass is 9.61. The smallest absolute Gasteiger partial charge is 0.312 e. The average Bonchev–Trinajstić information content (AvgIpc) is 2.59. The molecule has 0 spiro atoms. The van der Waals surface area contributed by atoms with Gasteiger partial charge in [-0.15, -0.1) is 0 Å². The summed E-state index contributed by atoms with van der Waals surface area (Å²) in [7, 11) is 0. The summed E-state index contributed by atoms with van der Waals surface area (Å²) >= 11 is 0. The number of aliphatic imine (C=N–C) groups is 1. The summed E-state index contributed by atoms with van der Waals surface area (Å²) in [5.74, 6) is -0.149. The Labute approximate surface area is 144 Å². The van der Waals surface area contributed by atoms with Crippen molar-refractivity contribution in [2.75, 3.05) is 6.54 Å². The number of nitrogens with zero attached hydrogens (tertiary/aromatic N) is 2. The van der Waals surface area contributed by atoms with E-state index in [1.165, 1.54) is 4.90 Å². The number of carbonyl (C=O) groups excluding carboxylic acids is 3. The third-order valence-electron chi connectivity index (χ3n) is 4.92. The van der Waals surface area contributed by atoms with Crippen LogP contribution in [-0.4, -0.2) is 35.1 Å². The summed E-state index contributed by atoms with van der Waals surface area (Å²) in [5, 5.41) is 2.91. The third kappa shape index (κ3) is 4.44. The highest BCUT2D eigenvalue weighted by Crippen LogP contribution is 2.50. The predicted molar refractivity (Wildman–Crippen MR) is 91.0 cm³/mol. The van der Waals surface area contributed by atoms with Crippen LogP contribution in [0, 0.1) is 10.8 Å². The number of imide groups is 1. The molecule has 0 unspecified atom stereocenters. The molecule has 0 aromatic heterocycles. The molecule has 0 atom stereocenters. The lowest BCUT2D eigenvalue weighted by Crippen LogP contribution is -2.59. The highest BCUT2D eigenvalue weighted by molar-refractivity contribution is 5.94. The SMILES string of the molecule is CC1(C)CC(C)(C)CC(N=C=O)(NC(=O)N2CCCCCC2=O)C1. The number of rotatable bonds is 2. The Morgan fingerprint density at radius 1 is 1.08 bits per heavy atom. The molecule has 1 heterocycles. The monoisotopic (exact) mass is 335 g/mol. The molecule has 1 aliphatic heterocycles. The van der Waals surface area contributed by atoms with Gasteiger partial charge in [0.2, 0.25) is 12.0 Å². The first kappa shape index (κ1) is 18.7. The van der Waals surface area contributed by atoms with Gasteiger partial charge in [0, 0.05) is 13.0 Å². The van der Waals surface area contributed by atoms with E-state index in [0.717, 1.165) is 25.7 Å². The Bertz CT molecular complexity index is 546. The molecule has 0 radical (unpaired) electrons. The molecule has 6 nitrogen and oxygen atoms in total. The molecule has 0 aromatic rings. The second kappa shape index (κ2) is 6.67. The van der Waals surface area contributed by atoms with Gasteiger partial charge in [-0.2, -0.15) is 4.99 Å². The fourth-order valence-corrected chi connectivity index (χ4v) is 4.81. The van der Waals surface area contributed by atoms with Crippen LogP contribution in [0.15, 0.2) is 4.99 Å². The highest BCUT2D eigenvalue weighted by Gasteiger charge is 2.49. The van der Waals surface area contributed by atoms with E-state index in [2.05, 4.69) is 38.0 Å². The maximum absolute atomic E-state index is 12.7. The van der Waals surface area contributed by atoms with Crippen molar-refractivity contribution < 1.29 is 14.4 Å². The number of carbonyl (C=O) groups is 2. The molecular weight excluding hydrogens is 306 g/mol. The maximum Gasteiger partial charge on any atom is 0.325 e. The molecule has 2 rings (SSSR count). The zero-order valence-electron chi connectivity index (χ0n) is 15.3. The summed E-state index contributed by atoms with van der Waals surface area (Å²) < 4.78 is 0. The second-order valence-electron chi connectivity index (χ2n) is 8.88. The first-order valence-corrected chi connectivity index (χ1v) is 8.80. The molecule has 2 aliphatic rings. The number of hydrogen-bond donors (Lipinski definition) is 1. The zero-order valence-corrected chi connectivity index (χ0v) is 15.3. The molecule has 24 heavy (non-hydrogen) atoms. The van der Waals surface area contributed by atoms with Crippen molar-refractivity contribution in [1.82, 2.24) is 10.2 Å². The lowest BCUT2D eigenvalue weighted by Gasteiger charge is -2.49. The van der Waals surface area contributed by atoms with Crippen LogP contribution in [0.1, 0.15) is 72.6 Å². The summed E-state index contributed by atoms with van der Waals surface area (Å²) in [4.78, 5) is 41.3. The van der Waals surface area contributed by atoms with Crippen molar-refractivity contribution in [1.29, 1.82) is 0 Å². The van der Waals surface area contributed by atoms with E-state index < -0.39 is 11.7 Å². The quantitative estimate of drug-likeness (QED) is 0.621. The largest absolute Gasteiger partial charge is 0.325 e. The van der Waals surface area contributed by atoms with Crippen LogP contribution in [0.3, 0.4) is 0 Å². The van der Waals surface area contributed by atoms with Crippen molar-refractivity contribution in [2.45, 2.75) is 78.3 Å². The standard InChI is InChI=1S/C18H29N3O3/c1-16(2)10-17(3,4)12-18(11-16,19-13-22)20-15(24)21-9-7-5-6-8-14(21)23/h5-12H2,1-4H3,(H,20,24). The van der Waals surface area contributed by atoms with E-state index in [1.807, 2.05) is 0 Å². The second-order valence-corrected chi connectivity index (χ2v) is 8.88. The normalized spacial score (nSPS) is 25.3. The molecule has 134 valence electrons. The highest BCUT2D eigenvalue weighted by atomic mass is 16.2.